The maximum Gasteiger partial charge on any atom is 0.341 e. The molecule has 1 aromatic heterocycles. The smallest absolute Gasteiger partial charge is 0.341 e. The number of aromatic nitrogens is 1. The number of fused-ring (bicyclic) bond motifs is 3. The molecule has 0 saturated heterocycles. The molecule has 0 radical (unpaired) electrons. The van der Waals surface area contributed by atoms with Crippen LogP contribution in [0.2, 0.25) is 0 Å². The van der Waals surface area contributed by atoms with Crippen LogP contribution in [-0.2, 0) is 11.2 Å². The maximum atomic E-state index is 10.9. The largest absolute Gasteiger partial charge is 0.482 e. The number of rotatable bonds is 8. The number of thiazole rings is 1. The minimum Gasteiger partial charge on any atom is -0.482 e. The maximum absolute atomic E-state index is 10.9. The van der Waals surface area contributed by atoms with Crippen LogP contribution in [0, 0.1) is 0 Å². The predicted octanol–water partition coefficient (Wildman–Crippen LogP) is 5.84. The third-order valence-electron chi connectivity index (χ3n) is 5.64. The van der Waals surface area contributed by atoms with E-state index in [0.717, 1.165) is 28.5 Å². The number of carboxylic acid groups (broad SMARTS) is 1. The van der Waals surface area contributed by atoms with Crippen LogP contribution in [0.4, 0.5) is 5.13 Å². The number of hydrogen-bond donors (Lipinski definition) is 2. The first-order valence-corrected chi connectivity index (χ1v) is 11.3. The number of benzene rings is 3. The van der Waals surface area contributed by atoms with Gasteiger partial charge in [-0.25, -0.2) is 9.78 Å². The van der Waals surface area contributed by atoms with Gasteiger partial charge in [-0.3, -0.25) is 0 Å². The molecule has 1 heterocycles. The quantitative estimate of drug-likeness (QED) is 0.293. The summed E-state index contributed by atoms with van der Waals surface area (Å²) in [6, 6.07) is 26.8. The summed E-state index contributed by atoms with van der Waals surface area (Å²) in [5.74, 6) is -0.136. The Morgan fingerprint density at radius 3 is 2.30 bits per heavy atom. The molecule has 33 heavy (non-hydrogen) atoms. The standard InChI is InChI=1S/C26H22N2O3S.ClH/c29-24(30)16-31-22-13-7-12-19-20(22)14-23-25(19)28-26(32-23)27-15-21(17-8-3-1-4-9-17)18-10-5-2-6-11-18;/h1-13,21H,14-16H2,(H,27,28)(H,29,30);1H. The number of carboxylic acids is 1. The van der Waals surface area contributed by atoms with Crippen LogP contribution in [0.5, 0.6) is 5.75 Å². The molecule has 0 aliphatic heterocycles. The molecule has 5 rings (SSSR count). The zero-order chi connectivity index (χ0) is 21.9. The Labute approximate surface area is 202 Å². The third kappa shape index (κ3) is 4.87. The highest BCUT2D eigenvalue weighted by Crippen LogP contribution is 2.44. The lowest BCUT2D eigenvalue weighted by Gasteiger charge is -2.18. The number of anilines is 1. The second-order valence-corrected chi connectivity index (χ2v) is 8.77. The lowest BCUT2D eigenvalue weighted by atomic mass is 9.91. The molecule has 0 unspecified atom stereocenters. The molecule has 2 N–H and O–H groups in total. The van der Waals surface area contributed by atoms with Crippen molar-refractivity contribution >= 4 is 34.8 Å². The summed E-state index contributed by atoms with van der Waals surface area (Å²) in [5, 5.41) is 13.4. The van der Waals surface area contributed by atoms with Gasteiger partial charge in [0.1, 0.15) is 5.75 Å². The molecular formula is C26H23ClN2O3S. The lowest BCUT2D eigenvalue weighted by Crippen LogP contribution is -2.14. The first kappa shape index (κ1) is 22.8. The number of nitrogens with zero attached hydrogens (tertiary/aromatic N) is 1. The molecule has 0 bridgehead atoms. The molecule has 0 fully saturated rings. The number of carbonyl (C=O) groups is 1. The van der Waals surface area contributed by atoms with E-state index >= 15 is 0 Å². The van der Waals surface area contributed by atoms with Crippen LogP contribution in [0.25, 0.3) is 11.3 Å². The minimum absolute atomic E-state index is 0. The molecule has 5 nitrogen and oxygen atoms in total. The SMILES string of the molecule is Cl.O=C(O)COc1cccc2c1Cc1sc(NCC(c3ccccc3)c3ccccc3)nc1-2. The van der Waals surface area contributed by atoms with Gasteiger partial charge in [-0.2, -0.15) is 0 Å². The van der Waals surface area contributed by atoms with Crippen molar-refractivity contribution in [3.63, 3.8) is 0 Å². The van der Waals surface area contributed by atoms with E-state index in [4.69, 9.17) is 14.8 Å². The van der Waals surface area contributed by atoms with Crippen LogP contribution in [0.1, 0.15) is 27.5 Å². The first-order valence-electron chi connectivity index (χ1n) is 10.5. The number of nitrogens with one attached hydrogen (secondary N) is 1. The summed E-state index contributed by atoms with van der Waals surface area (Å²) in [7, 11) is 0. The van der Waals surface area contributed by atoms with Gasteiger partial charge in [0, 0.05) is 34.9 Å². The Morgan fingerprint density at radius 2 is 1.67 bits per heavy atom. The fourth-order valence-electron chi connectivity index (χ4n) is 4.15. The summed E-state index contributed by atoms with van der Waals surface area (Å²) >= 11 is 1.65. The normalized spacial score (nSPS) is 11.4. The molecule has 0 saturated carbocycles. The van der Waals surface area contributed by atoms with Crippen LogP contribution in [-0.4, -0.2) is 29.2 Å². The monoisotopic (exact) mass is 478 g/mol. The van der Waals surface area contributed by atoms with Crippen LogP contribution >= 0.6 is 23.7 Å². The average Bonchev–Trinajstić information content (AvgIpc) is 3.37. The van der Waals surface area contributed by atoms with E-state index in [2.05, 4.69) is 53.8 Å². The summed E-state index contributed by atoms with van der Waals surface area (Å²) in [6.07, 6.45) is 0.709. The molecule has 3 aromatic carbocycles. The van der Waals surface area contributed by atoms with Crippen molar-refractivity contribution in [3.05, 3.63) is 100 Å². The average molecular weight is 479 g/mol. The van der Waals surface area contributed by atoms with Crippen molar-refractivity contribution in [1.82, 2.24) is 4.98 Å². The van der Waals surface area contributed by atoms with Crippen molar-refractivity contribution in [1.29, 1.82) is 0 Å². The summed E-state index contributed by atoms with van der Waals surface area (Å²) in [6.45, 7) is 0.403. The summed E-state index contributed by atoms with van der Waals surface area (Å²) in [4.78, 5) is 16.9. The van der Waals surface area contributed by atoms with Crippen molar-refractivity contribution in [2.45, 2.75) is 12.3 Å². The molecule has 4 aromatic rings. The van der Waals surface area contributed by atoms with Crippen molar-refractivity contribution in [2.24, 2.45) is 0 Å². The van der Waals surface area contributed by atoms with Crippen LogP contribution in [0.15, 0.2) is 78.9 Å². The Balaban J connectivity index is 0.00000259. The Hall–Kier alpha value is -3.35. The molecule has 0 spiro atoms. The van der Waals surface area contributed by atoms with Gasteiger partial charge < -0.3 is 15.2 Å². The van der Waals surface area contributed by atoms with Crippen molar-refractivity contribution in [2.75, 3.05) is 18.5 Å². The van der Waals surface area contributed by atoms with Crippen molar-refractivity contribution in [3.8, 4) is 17.0 Å². The van der Waals surface area contributed by atoms with E-state index in [1.54, 1.807) is 11.3 Å². The van der Waals surface area contributed by atoms with E-state index < -0.39 is 5.97 Å². The molecule has 0 amide bonds. The molecule has 168 valence electrons. The van der Waals surface area contributed by atoms with E-state index in [1.165, 1.54) is 16.0 Å². The second-order valence-electron chi connectivity index (χ2n) is 7.69. The Bertz CT molecular complexity index is 1210. The molecule has 7 heteroatoms. The molecular weight excluding hydrogens is 456 g/mol. The number of aliphatic carboxylic acids is 1. The number of hydrogen-bond acceptors (Lipinski definition) is 5. The van der Waals surface area contributed by atoms with Gasteiger partial charge in [-0.1, -0.05) is 72.8 Å². The van der Waals surface area contributed by atoms with E-state index in [-0.39, 0.29) is 24.9 Å². The van der Waals surface area contributed by atoms with E-state index in [1.807, 2.05) is 30.3 Å². The fraction of sp³-hybridized carbons (Fsp3) is 0.154. The molecule has 1 aliphatic rings. The van der Waals surface area contributed by atoms with Crippen LogP contribution < -0.4 is 10.1 Å². The number of ether oxygens (including phenoxy) is 1. The topological polar surface area (TPSA) is 71.5 Å². The summed E-state index contributed by atoms with van der Waals surface area (Å²) in [5.41, 5.74) is 5.53. The third-order valence-corrected chi connectivity index (χ3v) is 6.65. The van der Waals surface area contributed by atoms with Gasteiger partial charge in [0.2, 0.25) is 0 Å². The fourth-order valence-corrected chi connectivity index (χ4v) is 5.15. The Morgan fingerprint density at radius 1 is 1.00 bits per heavy atom. The van der Waals surface area contributed by atoms with Gasteiger partial charge in [0.15, 0.2) is 11.7 Å². The molecule has 0 atom stereocenters. The highest BCUT2D eigenvalue weighted by molar-refractivity contribution is 7.16. The minimum atomic E-state index is -0.980. The summed E-state index contributed by atoms with van der Waals surface area (Å²) < 4.78 is 5.48. The lowest BCUT2D eigenvalue weighted by molar-refractivity contribution is -0.139. The highest BCUT2D eigenvalue weighted by Gasteiger charge is 2.26. The predicted molar refractivity (Wildman–Crippen MR) is 134 cm³/mol. The molecule has 1 aliphatic carbocycles. The number of halogens is 1. The van der Waals surface area contributed by atoms with Crippen molar-refractivity contribution < 1.29 is 14.6 Å². The second kappa shape index (κ2) is 10.1. The van der Waals surface area contributed by atoms with E-state index in [0.29, 0.717) is 12.2 Å². The zero-order valence-corrected chi connectivity index (χ0v) is 19.4. The van der Waals surface area contributed by atoms with Gasteiger partial charge in [-0.05, 0) is 17.2 Å². The zero-order valence-electron chi connectivity index (χ0n) is 17.7. The van der Waals surface area contributed by atoms with Gasteiger partial charge >= 0.3 is 5.97 Å². The van der Waals surface area contributed by atoms with Crippen LogP contribution in [0.3, 0.4) is 0 Å². The highest BCUT2D eigenvalue weighted by atomic mass is 35.5. The first-order chi connectivity index (χ1) is 15.7. The Kier molecular flexibility index (Phi) is 6.96. The van der Waals surface area contributed by atoms with Gasteiger partial charge in [0.25, 0.3) is 0 Å². The van der Waals surface area contributed by atoms with E-state index in [9.17, 15) is 4.79 Å². The van der Waals surface area contributed by atoms with Gasteiger partial charge in [-0.15, -0.1) is 23.7 Å². The van der Waals surface area contributed by atoms with Gasteiger partial charge in [0.05, 0.1) is 5.69 Å².